The van der Waals surface area contributed by atoms with Crippen molar-refractivity contribution in [2.45, 2.75) is 0 Å². The Morgan fingerprint density at radius 1 is 0.500 bits per heavy atom. The smallest absolute Gasteiger partial charge is 0.211 e. The molecule has 0 N–H and O–H groups in total. The van der Waals surface area contributed by atoms with E-state index < -0.39 is 0 Å². The van der Waals surface area contributed by atoms with E-state index in [9.17, 15) is 5.26 Å². The zero-order valence-electron chi connectivity index (χ0n) is 25.8. The number of benzene rings is 7. The molecule has 0 unspecified atom stereocenters. The van der Waals surface area contributed by atoms with Crippen molar-refractivity contribution in [1.82, 2.24) is 9.13 Å². The van der Waals surface area contributed by atoms with Gasteiger partial charge in [-0.15, -0.1) is 0 Å². The van der Waals surface area contributed by atoms with Crippen LogP contribution in [0.2, 0.25) is 0 Å². The topological polar surface area (TPSA) is 38.0 Å². The van der Waals surface area contributed by atoms with Crippen LogP contribution >= 0.6 is 0 Å². The van der Waals surface area contributed by atoms with Crippen LogP contribution in [0.3, 0.4) is 0 Å². The second kappa shape index (κ2) is 10.9. The van der Waals surface area contributed by atoms with Gasteiger partial charge in [-0.25, -0.2) is 4.85 Å². The standard InChI is InChI=1S/C44H26N4/c1-46-39-22-12-21-37-36-18-5-9-26-43(36)48(44(37)39)42-25-8-2-15-33(42)32-20-11-19-31(38(32)28-45)29-13-10-14-30(27-29)47-40-23-6-3-16-34(40)35-17-4-7-24-41(35)47/h2-27H. The van der Waals surface area contributed by atoms with E-state index in [1.807, 2.05) is 54.6 Å². The summed E-state index contributed by atoms with van der Waals surface area (Å²) in [6.07, 6.45) is 0. The molecule has 0 fully saturated rings. The van der Waals surface area contributed by atoms with Crippen molar-refractivity contribution in [2.75, 3.05) is 0 Å². The molecule has 2 heterocycles. The number of nitrogens with zero attached hydrogens (tertiary/aromatic N) is 4. The summed E-state index contributed by atoms with van der Waals surface area (Å²) in [5.74, 6) is 0. The van der Waals surface area contributed by atoms with Gasteiger partial charge in [0.25, 0.3) is 0 Å². The first-order chi connectivity index (χ1) is 23.8. The third-order valence-corrected chi connectivity index (χ3v) is 9.40. The molecule has 0 aliphatic rings. The molecule has 0 radical (unpaired) electrons. The van der Waals surface area contributed by atoms with Crippen LogP contribution < -0.4 is 0 Å². The molecule has 222 valence electrons. The molecule has 0 aliphatic carbocycles. The molecule has 48 heavy (non-hydrogen) atoms. The predicted octanol–water partition coefficient (Wildman–Crippen LogP) is 11.6. The zero-order valence-corrected chi connectivity index (χ0v) is 25.8. The van der Waals surface area contributed by atoms with Gasteiger partial charge in [-0.2, -0.15) is 5.26 Å². The highest BCUT2D eigenvalue weighted by atomic mass is 15.0. The third kappa shape index (κ3) is 4.01. The number of hydrogen-bond acceptors (Lipinski definition) is 1. The molecule has 4 heteroatoms. The summed E-state index contributed by atoms with van der Waals surface area (Å²) in [6, 6.07) is 56.5. The molecule has 0 saturated heterocycles. The number of para-hydroxylation sites is 5. The molecule has 0 bridgehead atoms. The van der Waals surface area contributed by atoms with Crippen LogP contribution in [0.4, 0.5) is 5.69 Å². The first-order valence-corrected chi connectivity index (χ1v) is 15.9. The van der Waals surface area contributed by atoms with Crippen molar-refractivity contribution in [3.63, 3.8) is 0 Å². The Kier molecular flexibility index (Phi) is 6.22. The van der Waals surface area contributed by atoms with Crippen LogP contribution in [0.1, 0.15) is 5.56 Å². The number of hydrogen-bond donors (Lipinski definition) is 0. The summed E-state index contributed by atoms with van der Waals surface area (Å²) in [7, 11) is 0. The van der Waals surface area contributed by atoms with Crippen molar-refractivity contribution in [1.29, 1.82) is 5.26 Å². The summed E-state index contributed by atoms with van der Waals surface area (Å²) in [4.78, 5) is 3.91. The quantitative estimate of drug-likeness (QED) is 0.183. The van der Waals surface area contributed by atoms with Crippen LogP contribution in [-0.2, 0) is 0 Å². The molecule has 0 spiro atoms. The van der Waals surface area contributed by atoms with Gasteiger partial charge in [0.15, 0.2) is 0 Å². The van der Waals surface area contributed by atoms with Crippen LogP contribution in [0.15, 0.2) is 158 Å². The lowest BCUT2D eigenvalue weighted by Gasteiger charge is -2.17. The first kappa shape index (κ1) is 27.4. The highest BCUT2D eigenvalue weighted by Gasteiger charge is 2.20. The molecular formula is C44H26N4. The Bertz CT molecular complexity index is 2760. The average molecular weight is 611 g/mol. The van der Waals surface area contributed by atoms with Gasteiger partial charge in [-0.3, -0.25) is 0 Å². The lowest BCUT2D eigenvalue weighted by Crippen LogP contribution is -1.99. The Balaban J connectivity index is 1.26. The van der Waals surface area contributed by atoms with Crippen molar-refractivity contribution >= 4 is 49.3 Å². The van der Waals surface area contributed by atoms with Crippen molar-refractivity contribution in [2.24, 2.45) is 0 Å². The molecule has 0 saturated carbocycles. The van der Waals surface area contributed by atoms with Gasteiger partial charge in [0.1, 0.15) is 6.07 Å². The molecule has 9 aromatic rings. The molecule has 9 rings (SSSR count). The lowest BCUT2D eigenvalue weighted by atomic mass is 9.91. The average Bonchev–Trinajstić information content (AvgIpc) is 3.68. The van der Waals surface area contributed by atoms with E-state index in [-0.39, 0.29) is 0 Å². The molecular weight excluding hydrogens is 585 g/mol. The van der Waals surface area contributed by atoms with Gasteiger partial charge >= 0.3 is 0 Å². The summed E-state index contributed by atoms with van der Waals surface area (Å²) in [5.41, 5.74) is 11.0. The van der Waals surface area contributed by atoms with Crippen LogP contribution in [0, 0.1) is 17.9 Å². The van der Waals surface area contributed by atoms with E-state index in [0.717, 1.165) is 66.5 Å². The number of fused-ring (bicyclic) bond motifs is 6. The SMILES string of the molecule is [C-]#[N+]c1cccc2c3ccccc3n(-c3ccccc3-c3cccc(-c4cccc(-n5c6ccccc6c6ccccc65)c4)c3C#N)c12. The van der Waals surface area contributed by atoms with Crippen LogP contribution in [-0.4, -0.2) is 9.13 Å². The van der Waals surface area contributed by atoms with E-state index in [1.165, 1.54) is 10.8 Å². The fourth-order valence-electron chi connectivity index (χ4n) is 7.39. The monoisotopic (exact) mass is 610 g/mol. The van der Waals surface area contributed by atoms with E-state index >= 15 is 0 Å². The number of rotatable bonds is 4. The minimum Gasteiger partial charge on any atom is -0.318 e. The largest absolute Gasteiger partial charge is 0.318 e. The van der Waals surface area contributed by atoms with E-state index in [2.05, 4.69) is 123 Å². The number of nitriles is 1. The Morgan fingerprint density at radius 2 is 1.04 bits per heavy atom. The maximum absolute atomic E-state index is 10.8. The van der Waals surface area contributed by atoms with E-state index in [4.69, 9.17) is 6.57 Å². The first-order valence-electron chi connectivity index (χ1n) is 15.9. The fourth-order valence-corrected chi connectivity index (χ4v) is 7.39. The van der Waals surface area contributed by atoms with E-state index in [1.54, 1.807) is 0 Å². The Morgan fingerprint density at radius 3 is 1.75 bits per heavy atom. The highest BCUT2D eigenvalue weighted by Crippen LogP contribution is 2.42. The molecule has 4 nitrogen and oxygen atoms in total. The minimum absolute atomic E-state index is 0.592. The van der Waals surface area contributed by atoms with Gasteiger partial charge in [0.05, 0.1) is 39.9 Å². The summed E-state index contributed by atoms with van der Waals surface area (Å²) in [5, 5.41) is 15.3. The van der Waals surface area contributed by atoms with Crippen molar-refractivity contribution < 1.29 is 0 Å². The summed E-state index contributed by atoms with van der Waals surface area (Å²) < 4.78 is 4.49. The second-order valence-electron chi connectivity index (χ2n) is 11.9. The summed E-state index contributed by atoms with van der Waals surface area (Å²) in [6.45, 7) is 7.99. The Hall–Kier alpha value is -6.88. The van der Waals surface area contributed by atoms with Gasteiger partial charge in [0, 0.05) is 38.5 Å². The van der Waals surface area contributed by atoms with E-state index in [0.29, 0.717) is 11.3 Å². The molecule has 2 aromatic heterocycles. The fraction of sp³-hybridized carbons (Fsp3) is 0. The molecule has 0 aliphatic heterocycles. The molecule has 7 aromatic carbocycles. The van der Waals surface area contributed by atoms with Gasteiger partial charge in [0.2, 0.25) is 5.69 Å². The maximum atomic E-state index is 10.8. The zero-order chi connectivity index (χ0) is 32.2. The predicted molar refractivity (Wildman–Crippen MR) is 197 cm³/mol. The normalized spacial score (nSPS) is 11.3. The van der Waals surface area contributed by atoms with Gasteiger partial charge in [-0.05, 0) is 47.3 Å². The van der Waals surface area contributed by atoms with Crippen molar-refractivity contribution in [3.8, 4) is 39.7 Å². The minimum atomic E-state index is 0.592. The van der Waals surface area contributed by atoms with Crippen LogP contribution in [0.25, 0.3) is 82.1 Å². The lowest BCUT2D eigenvalue weighted by molar-refractivity contribution is 1.18. The van der Waals surface area contributed by atoms with Gasteiger partial charge < -0.3 is 9.13 Å². The van der Waals surface area contributed by atoms with Crippen molar-refractivity contribution in [3.05, 3.63) is 175 Å². The Labute approximate surface area is 277 Å². The molecule has 0 atom stereocenters. The summed E-state index contributed by atoms with van der Waals surface area (Å²) >= 11 is 0. The number of aromatic nitrogens is 2. The second-order valence-corrected chi connectivity index (χ2v) is 11.9. The third-order valence-electron chi connectivity index (χ3n) is 9.40. The molecule has 0 amide bonds. The van der Waals surface area contributed by atoms with Gasteiger partial charge in [-0.1, -0.05) is 121 Å². The highest BCUT2D eigenvalue weighted by molar-refractivity contribution is 6.14. The maximum Gasteiger partial charge on any atom is 0.211 e. The van der Waals surface area contributed by atoms with Crippen LogP contribution in [0.5, 0.6) is 0 Å².